The van der Waals surface area contributed by atoms with Gasteiger partial charge in [-0.25, -0.2) is 8.42 Å². The van der Waals surface area contributed by atoms with Crippen LogP contribution in [-0.4, -0.2) is 56.4 Å². The first-order valence-corrected chi connectivity index (χ1v) is 11.0. The molecular formula is C17H30F3IN4O2S. The van der Waals surface area contributed by atoms with E-state index in [0.29, 0.717) is 36.2 Å². The number of aliphatic imine (C=N–C) groups is 1. The van der Waals surface area contributed by atoms with E-state index in [1.807, 2.05) is 6.92 Å². The molecule has 1 heterocycles. The maximum absolute atomic E-state index is 12.6. The van der Waals surface area contributed by atoms with Gasteiger partial charge in [0.05, 0.1) is 0 Å². The van der Waals surface area contributed by atoms with Crippen LogP contribution in [-0.2, 0) is 10.0 Å². The number of nitrogens with one attached hydrogen (secondary N) is 2. The average molecular weight is 538 g/mol. The maximum atomic E-state index is 12.6. The van der Waals surface area contributed by atoms with Gasteiger partial charge in [-0.2, -0.15) is 17.5 Å². The molecule has 0 aromatic rings. The largest absolute Gasteiger partial charge is 0.511 e. The molecule has 1 aliphatic carbocycles. The van der Waals surface area contributed by atoms with Gasteiger partial charge in [0.1, 0.15) is 0 Å². The number of sulfonamides is 1. The quantitative estimate of drug-likeness (QED) is 0.236. The van der Waals surface area contributed by atoms with Gasteiger partial charge in [0.15, 0.2) is 5.96 Å². The Hall–Kier alpha value is -0.560. The molecule has 2 rings (SSSR count). The standard InChI is InChI=1S/C17H29F3N4O2S.HI/c1-2-21-16(22-11-8-14-6-4-3-5-7-14)23-15-9-12-24(13-10-15)27(25,26)17(18,19)20;/h6,15H,2-5,7-13H2,1H3,(H2,21,22,23);1H. The summed E-state index contributed by atoms with van der Waals surface area (Å²) in [6.07, 6.45) is 8.57. The number of rotatable bonds is 6. The van der Waals surface area contributed by atoms with E-state index >= 15 is 0 Å². The molecule has 0 radical (unpaired) electrons. The van der Waals surface area contributed by atoms with Crippen LogP contribution in [0.5, 0.6) is 0 Å². The number of alkyl halides is 3. The molecule has 2 aliphatic rings. The summed E-state index contributed by atoms with van der Waals surface area (Å²) in [4.78, 5) is 4.55. The Morgan fingerprint density at radius 1 is 1.29 bits per heavy atom. The molecule has 0 unspecified atom stereocenters. The van der Waals surface area contributed by atoms with Crippen molar-refractivity contribution in [3.05, 3.63) is 11.6 Å². The molecule has 0 bridgehead atoms. The highest BCUT2D eigenvalue weighted by Gasteiger charge is 2.50. The van der Waals surface area contributed by atoms with Crippen LogP contribution < -0.4 is 10.6 Å². The Bertz CT molecular complexity index is 645. The molecule has 1 aliphatic heterocycles. The van der Waals surface area contributed by atoms with E-state index in [1.54, 1.807) is 0 Å². The van der Waals surface area contributed by atoms with Crippen LogP contribution in [0.1, 0.15) is 51.9 Å². The third kappa shape index (κ3) is 7.36. The van der Waals surface area contributed by atoms with Gasteiger partial charge in [-0.1, -0.05) is 11.6 Å². The zero-order valence-electron chi connectivity index (χ0n) is 16.1. The van der Waals surface area contributed by atoms with E-state index in [2.05, 4.69) is 21.7 Å². The van der Waals surface area contributed by atoms with E-state index in [1.165, 1.54) is 18.4 Å². The zero-order chi connectivity index (χ0) is 19.9. The van der Waals surface area contributed by atoms with Crippen molar-refractivity contribution in [3.8, 4) is 0 Å². The van der Waals surface area contributed by atoms with E-state index < -0.39 is 15.5 Å². The van der Waals surface area contributed by atoms with Crippen molar-refractivity contribution in [2.75, 3.05) is 26.2 Å². The fourth-order valence-corrected chi connectivity index (χ4v) is 4.33. The molecule has 0 atom stereocenters. The molecule has 11 heteroatoms. The van der Waals surface area contributed by atoms with Gasteiger partial charge in [-0.05, 0) is 51.9 Å². The topological polar surface area (TPSA) is 73.8 Å². The van der Waals surface area contributed by atoms with Crippen molar-refractivity contribution in [2.24, 2.45) is 4.99 Å². The minimum atomic E-state index is -5.24. The molecule has 0 aromatic heterocycles. The third-order valence-corrected chi connectivity index (χ3v) is 6.49. The molecule has 28 heavy (non-hydrogen) atoms. The van der Waals surface area contributed by atoms with Gasteiger partial charge in [0.2, 0.25) is 0 Å². The molecule has 0 aromatic carbocycles. The van der Waals surface area contributed by atoms with Crippen molar-refractivity contribution in [3.63, 3.8) is 0 Å². The highest BCUT2D eigenvalue weighted by Crippen LogP contribution is 2.29. The Morgan fingerprint density at radius 2 is 1.96 bits per heavy atom. The molecule has 1 saturated heterocycles. The van der Waals surface area contributed by atoms with Crippen LogP contribution in [0, 0.1) is 0 Å². The lowest BCUT2D eigenvalue weighted by Crippen LogP contribution is -2.51. The van der Waals surface area contributed by atoms with Gasteiger partial charge < -0.3 is 10.6 Å². The monoisotopic (exact) mass is 538 g/mol. The van der Waals surface area contributed by atoms with Crippen molar-refractivity contribution < 1.29 is 21.6 Å². The summed E-state index contributed by atoms with van der Waals surface area (Å²) in [5.41, 5.74) is -3.80. The lowest BCUT2D eigenvalue weighted by Gasteiger charge is -2.32. The summed E-state index contributed by atoms with van der Waals surface area (Å²) < 4.78 is 61.4. The summed E-state index contributed by atoms with van der Waals surface area (Å²) >= 11 is 0. The average Bonchev–Trinajstić information content (AvgIpc) is 2.62. The number of piperidine rings is 1. The second-order valence-corrected chi connectivity index (χ2v) is 8.82. The van der Waals surface area contributed by atoms with Crippen LogP contribution in [0.25, 0.3) is 0 Å². The predicted molar refractivity (Wildman–Crippen MR) is 115 cm³/mol. The molecule has 164 valence electrons. The molecule has 0 saturated carbocycles. The summed E-state index contributed by atoms with van der Waals surface area (Å²) in [5, 5.41) is 6.36. The van der Waals surface area contributed by atoms with Gasteiger partial charge in [-0.3, -0.25) is 4.99 Å². The lowest BCUT2D eigenvalue weighted by atomic mass is 9.97. The highest BCUT2D eigenvalue weighted by atomic mass is 127. The SMILES string of the molecule is CCNC(=NCCC1=CCCCC1)NC1CCN(S(=O)(=O)C(F)(F)F)CC1.I. The van der Waals surface area contributed by atoms with E-state index in [0.717, 1.165) is 19.3 Å². The number of hydrogen-bond acceptors (Lipinski definition) is 3. The minimum absolute atomic E-state index is 0. The first-order valence-electron chi connectivity index (χ1n) is 9.53. The highest BCUT2D eigenvalue weighted by molar-refractivity contribution is 14.0. The number of hydrogen-bond donors (Lipinski definition) is 2. The third-order valence-electron chi connectivity index (χ3n) is 4.86. The normalized spacial score (nSPS) is 20.3. The number of halogens is 4. The lowest BCUT2D eigenvalue weighted by molar-refractivity contribution is -0.0494. The van der Waals surface area contributed by atoms with E-state index in [-0.39, 0.29) is 43.1 Å². The summed E-state index contributed by atoms with van der Waals surface area (Å²) in [6, 6.07) is -0.101. The Balaban J connectivity index is 0.00000392. The van der Waals surface area contributed by atoms with Crippen molar-refractivity contribution in [1.82, 2.24) is 14.9 Å². The fraction of sp³-hybridized carbons (Fsp3) is 0.824. The molecule has 2 N–H and O–H groups in total. The van der Waals surface area contributed by atoms with E-state index in [9.17, 15) is 21.6 Å². The molecule has 6 nitrogen and oxygen atoms in total. The number of nitrogens with zero attached hydrogens (tertiary/aromatic N) is 2. The van der Waals surface area contributed by atoms with Crippen molar-refractivity contribution in [2.45, 2.75) is 63.4 Å². The fourth-order valence-electron chi connectivity index (χ4n) is 3.34. The molecule has 1 fully saturated rings. The minimum Gasteiger partial charge on any atom is -0.357 e. The number of allylic oxidation sites excluding steroid dienone is 1. The smallest absolute Gasteiger partial charge is 0.357 e. The first-order chi connectivity index (χ1) is 12.7. The zero-order valence-corrected chi connectivity index (χ0v) is 19.2. The van der Waals surface area contributed by atoms with E-state index in [4.69, 9.17) is 0 Å². The van der Waals surface area contributed by atoms with Gasteiger partial charge >= 0.3 is 15.5 Å². The summed E-state index contributed by atoms with van der Waals surface area (Å²) in [6.45, 7) is 2.98. The maximum Gasteiger partial charge on any atom is 0.511 e. The van der Waals surface area contributed by atoms with Crippen LogP contribution in [0.15, 0.2) is 16.6 Å². The van der Waals surface area contributed by atoms with Gasteiger partial charge in [0.25, 0.3) is 0 Å². The first kappa shape index (κ1) is 25.5. The second-order valence-electron chi connectivity index (χ2n) is 6.89. The van der Waals surface area contributed by atoms with Gasteiger partial charge in [0, 0.05) is 32.2 Å². The van der Waals surface area contributed by atoms with Crippen molar-refractivity contribution >= 4 is 40.0 Å². The van der Waals surface area contributed by atoms with Gasteiger partial charge in [-0.15, -0.1) is 24.0 Å². The Kier molecular flexibility index (Phi) is 10.5. The molecular weight excluding hydrogens is 508 g/mol. The van der Waals surface area contributed by atoms with Crippen LogP contribution in [0.3, 0.4) is 0 Å². The second kappa shape index (κ2) is 11.6. The predicted octanol–water partition coefficient (Wildman–Crippen LogP) is 3.36. The molecule has 0 amide bonds. The summed E-state index contributed by atoms with van der Waals surface area (Å²) in [7, 11) is -5.23. The Morgan fingerprint density at radius 3 is 2.50 bits per heavy atom. The molecule has 0 spiro atoms. The van der Waals surface area contributed by atoms with Crippen LogP contribution in [0.4, 0.5) is 13.2 Å². The van der Waals surface area contributed by atoms with Crippen LogP contribution in [0.2, 0.25) is 0 Å². The van der Waals surface area contributed by atoms with Crippen LogP contribution >= 0.6 is 24.0 Å². The van der Waals surface area contributed by atoms with Crippen molar-refractivity contribution in [1.29, 1.82) is 0 Å². The summed E-state index contributed by atoms with van der Waals surface area (Å²) in [5.74, 6) is 0.631. The number of guanidine groups is 1. The Labute approximate surface area is 182 Å².